The highest BCUT2D eigenvalue weighted by Gasteiger charge is 2.38. The first kappa shape index (κ1) is 20.3. The van der Waals surface area contributed by atoms with Gasteiger partial charge >= 0.3 is 0 Å². The Balaban J connectivity index is 1.54. The average molecular weight is 418 g/mol. The molecule has 1 aliphatic heterocycles. The fourth-order valence-electron chi connectivity index (χ4n) is 3.27. The molecular weight excluding hydrogens is 396 g/mol. The molecule has 0 saturated carbocycles. The number of hydrogen-bond acceptors (Lipinski definition) is 6. The first-order chi connectivity index (χ1) is 15.2. The highest BCUT2D eigenvalue weighted by Crippen LogP contribution is 2.39. The Morgan fingerprint density at radius 1 is 0.935 bits per heavy atom. The lowest BCUT2D eigenvalue weighted by atomic mass is 10.0. The summed E-state index contributed by atoms with van der Waals surface area (Å²) in [5.74, 6) is 1.91. The van der Waals surface area contributed by atoms with Crippen molar-refractivity contribution in [3.63, 3.8) is 0 Å². The first-order valence-electron chi connectivity index (χ1n) is 9.72. The lowest BCUT2D eigenvalue weighted by Gasteiger charge is -2.32. The standard InChI is InChI=1S/C24H22N2O5/c1-28-18-13-12-17(21(14-18)29-2)15-25-26-24(27)23-22(16-8-4-3-5-9-16)30-19-10-6-7-11-20(19)31-23/h3-15,22-23H,1-2H3,(H,26,27)/b25-15+. The van der Waals surface area contributed by atoms with E-state index in [1.54, 1.807) is 38.5 Å². The molecule has 1 amide bonds. The van der Waals surface area contributed by atoms with Crippen LogP contribution < -0.4 is 24.4 Å². The second-order valence-corrected chi connectivity index (χ2v) is 6.78. The summed E-state index contributed by atoms with van der Waals surface area (Å²) in [6, 6.07) is 22.1. The quantitative estimate of drug-likeness (QED) is 0.487. The molecule has 31 heavy (non-hydrogen) atoms. The van der Waals surface area contributed by atoms with Gasteiger partial charge in [-0.2, -0.15) is 5.10 Å². The van der Waals surface area contributed by atoms with Gasteiger partial charge in [-0.1, -0.05) is 42.5 Å². The maximum absolute atomic E-state index is 13.0. The summed E-state index contributed by atoms with van der Waals surface area (Å²) in [5, 5.41) is 4.08. The van der Waals surface area contributed by atoms with Crippen LogP contribution in [-0.4, -0.2) is 32.4 Å². The minimum absolute atomic E-state index is 0.424. The van der Waals surface area contributed by atoms with E-state index in [9.17, 15) is 4.79 Å². The van der Waals surface area contributed by atoms with Crippen LogP contribution in [0, 0.1) is 0 Å². The number of methoxy groups -OCH3 is 2. The van der Waals surface area contributed by atoms with E-state index in [1.165, 1.54) is 6.21 Å². The highest BCUT2D eigenvalue weighted by atomic mass is 16.6. The Kier molecular flexibility index (Phi) is 6.03. The van der Waals surface area contributed by atoms with E-state index in [0.717, 1.165) is 5.56 Å². The number of benzene rings is 3. The third-order valence-corrected chi connectivity index (χ3v) is 4.84. The van der Waals surface area contributed by atoms with Gasteiger partial charge in [-0.05, 0) is 29.8 Å². The van der Waals surface area contributed by atoms with Gasteiger partial charge in [0.15, 0.2) is 17.6 Å². The number of para-hydroxylation sites is 2. The molecule has 0 bridgehead atoms. The van der Waals surface area contributed by atoms with Crippen molar-refractivity contribution in [2.24, 2.45) is 5.10 Å². The number of ether oxygens (including phenoxy) is 4. The second kappa shape index (κ2) is 9.21. The Morgan fingerprint density at radius 3 is 2.35 bits per heavy atom. The second-order valence-electron chi connectivity index (χ2n) is 6.78. The first-order valence-corrected chi connectivity index (χ1v) is 9.72. The number of nitrogens with one attached hydrogen (secondary N) is 1. The molecule has 0 aromatic heterocycles. The van der Waals surface area contributed by atoms with Gasteiger partial charge in [-0.25, -0.2) is 5.43 Å². The van der Waals surface area contributed by atoms with Crippen molar-refractivity contribution in [3.05, 3.63) is 83.9 Å². The molecule has 158 valence electrons. The smallest absolute Gasteiger partial charge is 0.285 e. The van der Waals surface area contributed by atoms with Crippen LogP contribution in [-0.2, 0) is 4.79 Å². The molecule has 7 nitrogen and oxygen atoms in total. The average Bonchev–Trinajstić information content (AvgIpc) is 2.83. The van der Waals surface area contributed by atoms with Gasteiger partial charge in [0.05, 0.1) is 20.4 Å². The van der Waals surface area contributed by atoms with Crippen LogP contribution in [0.3, 0.4) is 0 Å². The monoisotopic (exact) mass is 418 g/mol. The molecule has 1 aliphatic rings. The largest absolute Gasteiger partial charge is 0.497 e. The topological polar surface area (TPSA) is 78.4 Å². The van der Waals surface area contributed by atoms with Crippen molar-refractivity contribution in [2.75, 3.05) is 14.2 Å². The fourth-order valence-corrected chi connectivity index (χ4v) is 3.27. The number of hydrazone groups is 1. The Hall–Kier alpha value is -4.00. The summed E-state index contributed by atoms with van der Waals surface area (Å²) < 4.78 is 22.6. The molecule has 7 heteroatoms. The molecule has 0 fully saturated rings. The molecule has 0 radical (unpaired) electrons. The molecule has 0 saturated heterocycles. The zero-order valence-electron chi connectivity index (χ0n) is 17.1. The summed E-state index contributed by atoms with van der Waals surface area (Å²) in [4.78, 5) is 13.0. The summed E-state index contributed by atoms with van der Waals surface area (Å²) in [5.41, 5.74) is 4.07. The van der Waals surface area contributed by atoms with Crippen LogP contribution >= 0.6 is 0 Å². The van der Waals surface area contributed by atoms with E-state index < -0.39 is 18.1 Å². The third-order valence-electron chi connectivity index (χ3n) is 4.84. The predicted molar refractivity (Wildman–Crippen MR) is 116 cm³/mol. The van der Waals surface area contributed by atoms with Crippen molar-refractivity contribution in [1.29, 1.82) is 0 Å². The van der Waals surface area contributed by atoms with Gasteiger partial charge in [-0.3, -0.25) is 4.79 Å². The Morgan fingerprint density at radius 2 is 1.65 bits per heavy atom. The maximum atomic E-state index is 13.0. The van der Waals surface area contributed by atoms with Gasteiger partial charge in [-0.15, -0.1) is 0 Å². The third kappa shape index (κ3) is 4.45. The van der Waals surface area contributed by atoms with Crippen LogP contribution in [0.5, 0.6) is 23.0 Å². The highest BCUT2D eigenvalue weighted by molar-refractivity contribution is 5.87. The number of amides is 1. The van der Waals surface area contributed by atoms with Crippen molar-refractivity contribution >= 4 is 12.1 Å². The van der Waals surface area contributed by atoms with Crippen LogP contribution in [0.4, 0.5) is 0 Å². The van der Waals surface area contributed by atoms with Crippen LogP contribution in [0.15, 0.2) is 77.9 Å². The van der Waals surface area contributed by atoms with E-state index in [4.69, 9.17) is 18.9 Å². The minimum Gasteiger partial charge on any atom is -0.497 e. The molecular formula is C24H22N2O5. The van der Waals surface area contributed by atoms with Crippen LogP contribution in [0.1, 0.15) is 17.2 Å². The van der Waals surface area contributed by atoms with Gasteiger partial charge in [0.25, 0.3) is 5.91 Å². The summed E-state index contributed by atoms with van der Waals surface area (Å²) in [7, 11) is 3.14. The van der Waals surface area contributed by atoms with Crippen molar-refractivity contribution < 1.29 is 23.7 Å². The van der Waals surface area contributed by atoms with Gasteiger partial charge in [0.1, 0.15) is 11.5 Å². The Labute approximate surface area is 180 Å². The molecule has 2 atom stereocenters. The number of hydrogen-bond donors (Lipinski definition) is 1. The van der Waals surface area contributed by atoms with Crippen molar-refractivity contribution in [2.45, 2.75) is 12.2 Å². The summed E-state index contributed by atoms with van der Waals surface area (Å²) in [6.07, 6.45) is -0.0141. The van der Waals surface area contributed by atoms with E-state index in [2.05, 4.69) is 10.5 Å². The van der Waals surface area contributed by atoms with Crippen molar-refractivity contribution in [3.8, 4) is 23.0 Å². The SMILES string of the molecule is COc1ccc(/C=N/NC(=O)C2Oc3ccccc3OC2c2ccccc2)c(OC)c1. The van der Waals surface area contributed by atoms with Gasteiger partial charge < -0.3 is 18.9 Å². The van der Waals surface area contributed by atoms with Crippen LogP contribution in [0.25, 0.3) is 0 Å². The lowest BCUT2D eigenvalue weighted by molar-refractivity contribution is -0.134. The Bertz CT molecular complexity index is 1080. The molecule has 1 heterocycles. The minimum atomic E-state index is -0.910. The number of carbonyl (C=O) groups is 1. The molecule has 0 aliphatic carbocycles. The number of fused-ring (bicyclic) bond motifs is 1. The van der Waals surface area contributed by atoms with E-state index in [0.29, 0.717) is 28.6 Å². The normalized spacial score (nSPS) is 17.2. The summed E-state index contributed by atoms with van der Waals surface area (Å²) >= 11 is 0. The van der Waals surface area contributed by atoms with Gasteiger partial charge in [0, 0.05) is 11.6 Å². The number of rotatable bonds is 6. The number of nitrogens with zero attached hydrogens (tertiary/aromatic N) is 1. The zero-order valence-corrected chi connectivity index (χ0v) is 17.1. The van der Waals surface area contributed by atoms with Crippen LogP contribution in [0.2, 0.25) is 0 Å². The molecule has 1 N–H and O–H groups in total. The molecule has 4 rings (SSSR count). The molecule has 3 aromatic carbocycles. The molecule has 2 unspecified atom stereocenters. The predicted octanol–water partition coefficient (Wildman–Crippen LogP) is 3.74. The van der Waals surface area contributed by atoms with Gasteiger partial charge in [0.2, 0.25) is 6.10 Å². The summed E-state index contributed by atoms with van der Waals surface area (Å²) in [6.45, 7) is 0. The zero-order chi connectivity index (χ0) is 21.6. The van der Waals surface area contributed by atoms with E-state index >= 15 is 0 Å². The van der Waals surface area contributed by atoms with Crippen molar-refractivity contribution in [1.82, 2.24) is 5.43 Å². The molecule has 0 spiro atoms. The van der Waals surface area contributed by atoms with E-state index in [-0.39, 0.29) is 0 Å². The van der Waals surface area contributed by atoms with E-state index in [1.807, 2.05) is 48.5 Å². The number of carbonyl (C=O) groups excluding carboxylic acids is 1. The molecule has 3 aromatic rings. The lowest BCUT2D eigenvalue weighted by Crippen LogP contribution is -2.44. The maximum Gasteiger partial charge on any atom is 0.285 e. The fraction of sp³-hybridized carbons (Fsp3) is 0.167.